The van der Waals surface area contributed by atoms with Crippen molar-refractivity contribution in [3.63, 3.8) is 0 Å². The zero-order chi connectivity index (χ0) is 24.8. The Balaban J connectivity index is 1.64. The summed E-state index contributed by atoms with van der Waals surface area (Å²) in [4.78, 5) is 2.27. The number of nitrogens with zero attached hydrogens (tertiary/aromatic N) is 1. The Labute approximate surface area is 194 Å². The first kappa shape index (κ1) is 25.0. The van der Waals surface area contributed by atoms with Crippen LogP contribution in [0.25, 0.3) is 0 Å². The number of alkyl halides is 6. The molecule has 2 bridgehead atoms. The Morgan fingerprint density at radius 3 is 2.15 bits per heavy atom. The minimum Gasteiger partial charge on any atom is -0.372 e. The van der Waals surface area contributed by atoms with Gasteiger partial charge in [-0.3, -0.25) is 4.90 Å². The van der Waals surface area contributed by atoms with Crippen LogP contribution in [-0.2, 0) is 22.6 Å². The molecule has 186 valence electrons. The third kappa shape index (κ3) is 4.97. The third-order valence-electron chi connectivity index (χ3n) is 7.21. The molecule has 34 heavy (non-hydrogen) atoms. The standard InChI is InChI=1S/C25H28F6N2O/c1-17(18-12-20(24(26,27)28)14-21(13-18)25(29,30)31)34-16-23(19-6-3-2-4-7-19)10-9-22(32)8-5-11-33(23)15-22/h2-4,6-7,12-14,17H,5,8-11,15-16,32H2,1H3/t17?,22-,23+/m0/s1. The summed E-state index contributed by atoms with van der Waals surface area (Å²) in [7, 11) is 0. The van der Waals surface area contributed by atoms with Gasteiger partial charge in [-0.15, -0.1) is 0 Å². The lowest BCUT2D eigenvalue weighted by Gasteiger charge is -2.56. The van der Waals surface area contributed by atoms with Gasteiger partial charge in [0.2, 0.25) is 0 Å². The number of piperidine rings is 2. The van der Waals surface area contributed by atoms with Crippen LogP contribution >= 0.6 is 0 Å². The molecule has 4 rings (SSSR count). The first-order chi connectivity index (χ1) is 15.8. The van der Waals surface area contributed by atoms with Gasteiger partial charge in [0.05, 0.1) is 29.4 Å². The molecule has 0 spiro atoms. The summed E-state index contributed by atoms with van der Waals surface area (Å²) in [5.41, 5.74) is 3.90. The summed E-state index contributed by atoms with van der Waals surface area (Å²) in [6.45, 7) is 3.08. The lowest BCUT2D eigenvalue weighted by molar-refractivity contribution is -0.143. The fraction of sp³-hybridized carbons (Fsp3) is 0.520. The van der Waals surface area contributed by atoms with Crippen LogP contribution in [0.4, 0.5) is 26.3 Å². The van der Waals surface area contributed by atoms with Crippen molar-refractivity contribution in [3.05, 3.63) is 70.8 Å². The molecule has 2 aromatic carbocycles. The summed E-state index contributed by atoms with van der Waals surface area (Å²) in [6.07, 6.45) is -7.47. The van der Waals surface area contributed by atoms with Gasteiger partial charge in [0.15, 0.2) is 0 Å². The molecule has 2 N–H and O–H groups in total. The van der Waals surface area contributed by atoms with Gasteiger partial charge in [0.1, 0.15) is 0 Å². The van der Waals surface area contributed by atoms with Crippen molar-refractivity contribution in [1.82, 2.24) is 4.90 Å². The van der Waals surface area contributed by atoms with Crippen LogP contribution < -0.4 is 5.73 Å². The molecular formula is C25H28F6N2O. The van der Waals surface area contributed by atoms with Crippen LogP contribution in [0, 0.1) is 0 Å². The molecule has 0 radical (unpaired) electrons. The molecule has 2 fully saturated rings. The van der Waals surface area contributed by atoms with E-state index in [1.165, 1.54) is 6.92 Å². The number of rotatable bonds is 5. The summed E-state index contributed by atoms with van der Waals surface area (Å²) in [5.74, 6) is 0. The number of halogens is 6. The maximum absolute atomic E-state index is 13.3. The van der Waals surface area contributed by atoms with Gasteiger partial charge < -0.3 is 10.5 Å². The number of hydrogen-bond acceptors (Lipinski definition) is 3. The van der Waals surface area contributed by atoms with E-state index in [9.17, 15) is 26.3 Å². The summed E-state index contributed by atoms with van der Waals surface area (Å²) >= 11 is 0. The number of ether oxygens (including phenoxy) is 1. The van der Waals surface area contributed by atoms with Crippen molar-refractivity contribution < 1.29 is 31.1 Å². The van der Waals surface area contributed by atoms with E-state index in [1.54, 1.807) is 0 Å². The second kappa shape index (κ2) is 8.84. The molecule has 0 aromatic heterocycles. The van der Waals surface area contributed by atoms with Crippen molar-refractivity contribution in [2.24, 2.45) is 5.73 Å². The highest BCUT2D eigenvalue weighted by Crippen LogP contribution is 2.45. The molecule has 9 heteroatoms. The number of nitrogens with two attached hydrogens (primary N) is 1. The second-order valence-corrected chi connectivity index (χ2v) is 9.58. The average Bonchev–Trinajstić information content (AvgIpc) is 2.78. The topological polar surface area (TPSA) is 38.5 Å². The average molecular weight is 486 g/mol. The van der Waals surface area contributed by atoms with Crippen molar-refractivity contribution in [2.75, 3.05) is 19.7 Å². The van der Waals surface area contributed by atoms with Gasteiger partial charge >= 0.3 is 12.4 Å². The Morgan fingerprint density at radius 2 is 1.56 bits per heavy atom. The van der Waals surface area contributed by atoms with Gasteiger partial charge in [-0.2, -0.15) is 26.3 Å². The lowest BCUT2D eigenvalue weighted by atomic mass is 9.71. The monoisotopic (exact) mass is 486 g/mol. The van der Waals surface area contributed by atoms with Crippen LogP contribution in [0.5, 0.6) is 0 Å². The van der Waals surface area contributed by atoms with Crippen molar-refractivity contribution in [3.8, 4) is 0 Å². The predicted octanol–water partition coefficient (Wildman–Crippen LogP) is 6.28. The fourth-order valence-electron chi connectivity index (χ4n) is 5.24. The molecule has 2 aromatic rings. The van der Waals surface area contributed by atoms with E-state index in [-0.39, 0.29) is 23.8 Å². The predicted molar refractivity (Wildman–Crippen MR) is 116 cm³/mol. The first-order valence-corrected chi connectivity index (χ1v) is 11.3. The Kier molecular flexibility index (Phi) is 6.50. The molecule has 4 atom stereocenters. The zero-order valence-corrected chi connectivity index (χ0v) is 18.8. The quantitative estimate of drug-likeness (QED) is 0.506. The zero-order valence-electron chi connectivity index (χ0n) is 18.8. The second-order valence-electron chi connectivity index (χ2n) is 9.58. The summed E-state index contributed by atoms with van der Waals surface area (Å²) in [5, 5.41) is 0. The first-order valence-electron chi connectivity index (χ1n) is 11.3. The van der Waals surface area contributed by atoms with E-state index in [4.69, 9.17) is 10.5 Å². The van der Waals surface area contributed by atoms with Gasteiger partial charge in [-0.25, -0.2) is 0 Å². The summed E-state index contributed by atoms with van der Waals surface area (Å²) < 4.78 is 85.9. The normalized spacial score (nSPS) is 28.5. The molecule has 0 aliphatic carbocycles. The number of fused-ring (bicyclic) bond motifs is 2. The molecule has 2 saturated heterocycles. The highest BCUT2D eigenvalue weighted by atomic mass is 19.4. The van der Waals surface area contributed by atoms with Gasteiger partial charge in [-0.05, 0) is 68.5 Å². The largest absolute Gasteiger partial charge is 0.416 e. The Bertz CT molecular complexity index is 976. The Hall–Kier alpha value is -2.10. The Morgan fingerprint density at radius 1 is 0.941 bits per heavy atom. The SMILES string of the molecule is CC(OC[C@@]1(c2ccccc2)CC[C@@]2(N)CCCN1C2)c1cc(C(F)(F)F)cc(C(F)(F)F)c1. The minimum absolute atomic E-state index is 0.131. The van der Waals surface area contributed by atoms with Crippen LogP contribution in [0.3, 0.4) is 0 Å². The molecule has 0 amide bonds. The highest BCUT2D eigenvalue weighted by molar-refractivity contribution is 5.35. The molecule has 2 aliphatic heterocycles. The van der Waals surface area contributed by atoms with E-state index in [0.717, 1.165) is 43.5 Å². The van der Waals surface area contributed by atoms with E-state index in [2.05, 4.69) is 4.90 Å². The van der Waals surface area contributed by atoms with Crippen LogP contribution in [0.15, 0.2) is 48.5 Å². The number of benzene rings is 2. The lowest BCUT2D eigenvalue weighted by Crippen LogP contribution is -2.66. The summed E-state index contributed by atoms with van der Waals surface area (Å²) in [6, 6.07) is 11.3. The maximum atomic E-state index is 13.3. The minimum atomic E-state index is -4.90. The maximum Gasteiger partial charge on any atom is 0.416 e. The van der Waals surface area contributed by atoms with Gasteiger partial charge in [0.25, 0.3) is 0 Å². The molecular weight excluding hydrogens is 458 g/mol. The number of hydrogen-bond donors (Lipinski definition) is 1. The van der Waals surface area contributed by atoms with Crippen molar-refractivity contribution >= 4 is 0 Å². The highest BCUT2D eigenvalue weighted by Gasteiger charge is 2.49. The molecule has 3 nitrogen and oxygen atoms in total. The van der Waals surface area contributed by atoms with Gasteiger partial charge in [-0.1, -0.05) is 30.3 Å². The van der Waals surface area contributed by atoms with Crippen LogP contribution in [0.1, 0.15) is 61.0 Å². The third-order valence-corrected chi connectivity index (χ3v) is 7.21. The van der Waals surface area contributed by atoms with E-state index in [0.29, 0.717) is 13.0 Å². The fourth-order valence-corrected chi connectivity index (χ4v) is 5.24. The molecule has 2 unspecified atom stereocenters. The van der Waals surface area contributed by atoms with Gasteiger partial charge in [0, 0.05) is 12.1 Å². The van der Waals surface area contributed by atoms with E-state index in [1.807, 2.05) is 30.3 Å². The van der Waals surface area contributed by atoms with Crippen LogP contribution in [-0.4, -0.2) is 30.1 Å². The van der Waals surface area contributed by atoms with Crippen molar-refractivity contribution in [1.29, 1.82) is 0 Å². The van der Waals surface area contributed by atoms with E-state index < -0.39 is 35.1 Å². The molecule has 2 heterocycles. The molecule has 2 aliphatic rings. The molecule has 0 saturated carbocycles. The smallest absolute Gasteiger partial charge is 0.372 e. The van der Waals surface area contributed by atoms with Crippen molar-refractivity contribution in [2.45, 2.75) is 62.1 Å². The van der Waals surface area contributed by atoms with E-state index >= 15 is 0 Å². The van der Waals surface area contributed by atoms with Crippen LogP contribution in [0.2, 0.25) is 0 Å².